The topological polar surface area (TPSA) is 52.7 Å². The second-order valence-corrected chi connectivity index (χ2v) is 10.8. The summed E-state index contributed by atoms with van der Waals surface area (Å²) in [4.78, 5) is 28.2. The third kappa shape index (κ3) is 7.96. The lowest BCUT2D eigenvalue weighted by Gasteiger charge is -2.42. The van der Waals surface area contributed by atoms with Gasteiger partial charge in [0, 0.05) is 50.4 Å². The molecule has 0 saturated carbocycles. The smallest absolute Gasteiger partial charge is 0.333 e. The number of alkyl halides is 6. The van der Waals surface area contributed by atoms with Crippen LogP contribution in [0.3, 0.4) is 0 Å². The van der Waals surface area contributed by atoms with E-state index in [1.54, 1.807) is 30.3 Å². The summed E-state index contributed by atoms with van der Waals surface area (Å²) in [6, 6.07) is 12.3. The van der Waals surface area contributed by atoms with Gasteiger partial charge < -0.3 is 10.2 Å². The third-order valence-electron chi connectivity index (χ3n) is 6.80. The van der Waals surface area contributed by atoms with Crippen LogP contribution in [0, 0.1) is 0 Å². The molecule has 1 saturated heterocycles. The Morgan fingerprint density at radius 3 is 1.98 bits per heavy atom. The fourth-order valence-corrected chi connectivity index (χ4v) is 5.16. The van der Waals surface area contributed by atoms with Crippen molar-refractivity contribution in [3.05, 3.63) is 98.5 Å². The van der Waals surface area contributed by atoms with Crippen molar-refractivity contribution in [2.45, 2.75) is 38.3 Å². The lowest BCUT2D eigenvalue weighted by atomic mass is 9.98. The Hall–Kier alpha value is -3.28. The Balaban J connectivity index is 1.63. The van der Waals surface area contributed by atoms with E-state index in [-0.39, 0.29) is 36.5 Å². The van der Waals surface area contributed by atoms with Gasteiger partial charge in [-0.05, 0) is 60.0 Å². The number of carbonyl (C=O) groups excluding carboxylic acids is 2. The highest BCUT2D eigenvalue weighted by atomic mass is 35.5. The highest BCUT2D eigenvalue weighted by molar-refractivity contribution is 6.42. The molecule has 42 heavy (non-hydrogen) atoms. The van der Waals surface area contributed by atoms with E-state index in [2.05, 4.69) is 5.32 Å². The second kappa shape index (κ2) is 12.5. The van der Waals surface area contributed by atoms with E-state index in [1.165, 1.54) is 11.8 Å². The van der Waals surface area contributed by atoms with E-state index in [0.29, 0.717) is 41.5 Å². The van der Waals surface area contributed by atoms with Crippen molar-refractivity contribution < 1.29 is 35.9 Å². The normalized spacial score (nSPS) is 16.4. The van der Waals surface area contributed by atoms with Crippen LogP contribution in [0.2, 0.25) is 10.0 Å². The molecule has 13 heteroatoms. The minimum absolute atomic E-state index is 0.000875. The second-order valence-electron chi connectivity index (χ2n) is 10.0. The van der Waals surface area contributed by atoms with Crippen molar-refractivity contribution in [3.63, 3.8) is 0 Å². The molecule has 3 aromatic carbocycles. The van der Waals surface area contributed by atoms with E-state index in [4.69, 9.17) is 23.2 Å². The van der Waals surface area contributed by atoms with Crippen LogP contribution in [0.4, 0.5) is 32.0 Å². The molecule has 5 nitrogen and oxygen atoms in total. The molecule has 0 aromatic heterocycles. The summed E-state index contributed by atoms with van der Waals surface area (Å²) >= 11 is 12.2. The summed E-state index contributed by atoms with van der Waals surface area (Å²) in [5.74, 6) is -1.15. The first kappa shape index (κ1) is 31.7. The predicted octanol–water partition coefficient (Wildman–Crippen LogP) is 7.56. The minimum atomic E-state index is -5.08. The maximum absolute atomic E-state index is 13.6. The molecule has 2 amide bonds. The van der Waals surface area contributed by atoms with Gasteiger partial charge in [0.25, 0.3) is 5.91 Å². The number of halogens is 8. The van der Waals surface area contributed by atoms with E-state index < -0.39 is 41.0 Å². The van der Waals surface area contributed by atoms with Gasteiger partial charge in [-0.15, -0.1) is 0 Å². The molecule has 0 radical (unpaired) electrons. The SMILES string of the molecule is CC(=O)Nc1ccc(CN2CCN(C(=O)c3cc(C(F)(F)F)cc(C(F)(F)F)c3)[C@H](Cc3ccc(Cl)c(Cl)c3)C2)cc1. The lowest BCUT2D eigenvalue weighted by Crippen LogP contribution is -2.55. The molecule has 1 aliphatic heterocycles. The van der Waals surface area contributed by atoms with Crippen LogP contribution < -0.4 is 5.32 Å². The fraction of sp³-hybridized carbons (Fsp3) is 0.310. The van der Waals surface area contributed by atoms with Gasteiger partial charge in [0.05, 0.1) is 21.2 Å². The van der Waals surface area contributed by atoms with Gasteiger partial charge in [-0.2, -0.15) is 26.3 Å². The first-order valence-corrected chi connectivity index (χ1v) is 13.5. The number of hydrogen-bond donors (Lipinski definition) is 1. The quantitative estimate of drug-likeness (QED) is 0.286. The number of carbonyl (C=O) groups is 2. The standard InChI is InChI=1S/C29H25Cl2F6N3O2/c1-17(41)38-23-5-2-18(3-6-23)15-39-8-9-40(24(16-39)10-19-4-7-25(30)26(31)11-19)27(42)20-12-21(28(32,33)34)14-22(13-20)29(35,36)37/h2-7,11-14,24H,8-10,15-16H2,1H3,(H,38,41)/t24-/m1/s1. The number of nitrogens with zero attached hydrogens (tertiary/aromatic N) is 2. The van der Waals surface area contributed by atoms with Crippen LogP contribution in [-0.4, -0.2) is 47.3 Å². The molecular weight excluding hydrogens is 607 g/mol. The molecule has 4 rings (SSSR count). The number of anilines is 1. The van der Waals surface area contributed by atoms with Gasteiger partial charge in [-0.1, -0.05) is 41.4 Å². The molecule has 0 spiro atoms. The van der Waals surface area contributed by atoms with Crippen LogP contribution in [0.15, 0.2) is 60.7 Å². The molecular formula is C29H25Cl2F6N3O2. The van der Waals surface area contributed by atoms with Crippen LogP contribution in [0.5, 0.6) is 0 Å². The Morgan fingerprint density at radius 2 is 1.43 bits per heavy atom. The largest absolute Gasteiger partial charge is 0.416 e. The first-order valence-electron chi connectivity index (χ1n) is 12.7. The van der Waals surface area contributed by atoms with Crippen molar-refractivity contribution in [1.29, 1.82) is 0 Å². The summed E-state index contributed by atoms with van der Waals surface area (Å²) in [7, 11) is 0. The maximum atomic E-state index is 13.6. The van der Waals surface area contributed by atoms with Gasteiger partial charge >= 0.3 is 12.4 Å². The summed E-state index contributed by atoms with van der Waals surface area (Å²) in [5.41, 5.74) is -1.58. The summed E-state index contributed by atoms with van der Waals surface area (Å²) in [6.07, 6.45) is -9.93. The third-order valence-corrected chi connectivity index (χ3v) is 7.54. The van der Waals surface area contributed by atoms with Crippen LogP contribution in [0.1, 0.15) is 39.5 Å². The number of benzene rings is 3. The van der Waals surface area contributed by atoms with Crippen molar-refractivity contribution in [2.24, 2.45) is 0 Å². The molecule has 1 atom stereocenters. The molecule has 1 aliphatic rings. The number of nitrogens with one attached hydrogen (secondary N) is 1. The van der Waals surface area contributed by atoms with Crippen molar-refractivity contribution in [2.75, 3.05) is 25.0 Å². The van der Waals surface area contributed by atoms with Gasteiger partial charge in [-0.3, -0.25) is 14.5 Å². The average Bonchev–Trinajstić information content (AvgIpc) is 2.90. The summed E-state index contributed by atoms with van der Waals surface area (Å²) in [6.45, 7) is 2.52. The zero-order chi connectivity index (χ0) is 30.8. The molecule has 1 N–H and O–H groups in total. The van der Waals surface area contributed by atoms with E-state index >= 15 is 0 Å². The zero-order valence-electron chi connectivity index (χ0n) is 22.1. The van der Waals surface area contributed by atoms with Crippen molar-refractivity contribution in [3.8, 4) is 0 Å². The summed E-state index contributed by atoms with van der Waals surface area (Å²) < 4.78 is 80.9. The number of hydrogen-bond acceptors (Lipinski definition) is 3. The molecule has 3 aromatic rings. The Bertz CT molecular complexity index is 1430. The van der Waals surface area contributed by atoms with Gasteiger partial charge in [0.15, 0.2) is 0 Å². The van der Waals surface area contributed by atoms with E-state index in [0.717, 1.165) is 5.56 Å². The van der Waals surface area contributed by atoms with Crippen LogP contribution in [-0.2, 0) is 30.1 Å². The van der Waals surface area contributed by atoms with Crippen molar-refractivity contribution in [1.82, 2.24) is 9.80 Å². The fourth-order valence-electron chi connectivity index (χ4n) is 4.84. The lowest BCUT2D eigenvalue weighted by molar-refractivity contribution is -0.143. The highest BCUT2D eigenvalue weighted by Crippen LogP contribution is 2.37. The van der Waals surface area contributed by atoms with E-state index in [9.17, 15) is 35.9 Å². The van der Waals surface area contributed by atoms with Gasteiger partial charge in [-0.25, -0.2) is 0 Å². The van der Waals surface area contributed by atoms with Crippen molar-refractivity contribution >= 4 is 40.7 Å². The summed E-state index contributed by atoms with van der Waals surface area (Å²) in [5, 5.41) is 3.26. The Labute approximate surface area is 248 Å². The molecule has 1 fully saturated rings. The predicted molar refractivity (Wildman–Crippen MR) is 147 cm³/mol. The maximum Gasteiger partial charge on any atom is 0.416 e. The molecule has 224 valence electrons. The number of piperazine rings is 1. The molecule has 1 heterocycles. The monoisotopic (exact) mass is 631 g/mol. The highest BCUT2D eigenvalue weighted by Gasteiger charge is 2.39. The Kier molecular flexibility index (Phi) is 9.44. The average molecular weight is 632 g/mol. The number of amides is 2. The van der Waals surface area contributed by atoms with Gasteiger partial charge in [0.1, 0.15) is 0 Å². The van der Waals surface area contributed by atoms with Crippen LogP contribution >= 0.6 is 23.2 Å². The zero-order valence-corrected chi connectivity index (χ0v) is 23.6. The molecule has 0 unspecified atom stereocenters. The first-order chi connectivity index (χ1) is 19.6. The molecule has 0 bridgehead atoms. The van der Waals surface area contributed by atoms with Gasteiger partial charge in [0.2, 0.25) is 5.91 Å². The number of rotatable bonds is 6. The molecule has 0 aliphatic carbocycles. The minimum Gasteiger partial charge on any atom is -0.333 e. The van der Waals surface area contributed by atoms with Crippen LogP contribution in [0.25, 0.3) is 0 Å². The Morgan fingerprint density at radius 1 is 0.833 bits per heavy atom. The van der Waals surface area contributed by atoms with E-state index in [1.807, 2.05) is 17.0 Å².